The fourth-order valence-corrected chi connectivity index (χ4v) is 3.53. The Hall–Kier alpha value is -1.06. The second-order valence-corrected chi connectivity index (χ2v) is 7.78. The van der Waals surface area contributed by atoms with Gasteiger partial charge in [-0.2, -0.15) is 0 Å². The largest absolute Gasteiger partial charge is 0.366 e. The molecular formula is C18H30N2O. The summed E-state index contributed by atoms with van der Waals surface area (Å²) < 4.78 is 6.17. The van der Waals surface area contributed by atoms with Gasteiger partial charge in [-0.15, -0.1) is 0 Å². The average Bonchev–Trinajstić information content (AvgIpc) is 2.23. The minimum Gasteiger partial charge on any atom is -0.366 e. The zero-order chi connectivity index (χ0) is 15.8. The minimum atomic E-state index is -0.126. The average molecular weight is 290 g/mol. The van der Waals surface area contributed by atoms with Gasteiger partial charge in [-0.05, 0) is 65.2 Å². The first-order valence-corrected chi connectivity index (χ1v) is 7.88. The Morgan fingerprint density at radius 3 is 2.24 bits per heavy atom. The second-order valence-electron chi connectivity index (χ2n) is 7.78. The number of rotatable bonds is 3. The Morgan fingerprint density at radius 1 is 1.19 bits per heavy atom. The van der Waals surface area contributed by atoms with Gasteiger partial charge in [-0.3, -0.25) is 0 Å². The van der Waals surface area contributed by atoms with Gasteiger partial charge in [0.15, 0.2) is 0 Å². The second kappa shape index (κ2) is 5.62. The maximum absolute atomic E-state index is 6.17. The molecule has 0 aromatic heterocycles. The molecule has 0 amide bonds. The monoisotopic (exact) mass is 290 g/mol. The van der Waals surface area contributed by atoms with Crippen LogP contribution in [0.3, 0.4) is 0 Å². The topological polar surface area (TPSA) is 38.5 Å². The number of aryl methyl sites for hydroxylation is 1. The summed E-state index contributed by atoms with van der Waals surface area (Å²) in [7, 11) is 0. The van der Waals surface area contributed by atoms with E-state index in [4.69, 9.17) is 10.5 Å². The van der Waals surface area contributed by atoms with Gasteiger partial charge in [0.1, 0.15) is 0 Å². The quantitative estimate of drug-likeness (QED) is 0.928. The van der Waals surface area contributed by atoms with E-state index in [0.29, 0.717) is 0 Å². The normalized spacial score (nSPS) is 22.1. The lowest BCUT2D eigenvalue weighted by atomic mass is 9.96. The van der Waals surface area contributed by atoms with Gasteiger partial charge in [-0.25, -0.2) is 0 Å². The molecule has 0 aliphatic carbocycles. The molecule has 118 valence electrons. The molecule has 0 spiro atoms. The smallest absolute Gasteiger partial charge is 0.0808 e. The Kier molecular flexibility index (Phi) is 4.36. The highest BCUT2D eigenvalue weighted by atomic mass is 16.5. The van der Waals surface area contributed by atoms with Crippen LogP contribution in [0.2, 0.25) is 0 Å². The van der Waals surface area contributed by atoms with E-state index in [-0.39, 0.29) is 17.2 Å². The summed E-state index contributed by atoms with van der Waals surface area (Å²) >= 11 is 0. The third-order valence-electron chi connectivity index (χ3n) is 3.86. The zero-order valence-electron chi connectivity index (χ0n) is 14.4. The molecule has 1 aliphatic heterocycles. The van der Waals surface area contributed by atoms with Crippen molar-refractivity contribution in [2.45, 2.75) is 65.2 Å². The summed E-state index contributed by atoms with van der Waals surface area (Å²) in [5.41, 5.74) is 9.60. The highest BCUT2D eigenvalue weighted by Gasteiger charge is 2.38. The van der Waals surface area contributed by atoms with Crippen molar-refractivity contribution < 1.29 is 4.74 Å². The fraction of sp³-hybridized carbons (Fsp3) is 0.667. The number of nitrogens with zero attached hydrogens (tertiary/aromatic N) is 1. The van der Waals surface area contributed by atoms with Crippen molar-refractivity contribution in [1.29, 1.82) is 0 Å². The number of benzene rings is 1. The fourth-order valence-electron chi connectivity index (χ4n) is 3.53. The van der Waals surface area contributed by atoms with Crippen molar-refractivity contribution in [2.24, 2.45) is 5.73 Å². The van der Waals surface area contributed by atoms with E-state index in [2.05, 4.69) is 64.6 Å². The summed E-state index contributed by atoms with van der Waals surface area (Å²) in [5, 5.41) is 0. The molecule has 1 saturated heterocycles. The third kappa shape index (κ3) is 4.21. The maximum atomic E-state index is 6.17. The van der Waals surface area contributed by atoms with Crippen molar-refractivity contribution in [3.8, 4) is 0 Å². The van der Waals surface area contributed by atoms with Gasteiger partial charge >= 0.3 is 0 Å². The number of hydrogen-bond acceptors (Lipinski definition) is 3. The van der Waals surface area contributed by atoms with Gasteiger partial charge in [0.2, 0.25) is 0 Å². The lowest BCUT2D eigenvalue weighted by Gasteiger charge is -2.48. The van der Waals surface area contributed by atoms with E-state index in [0.717, 1.165) is 19.5 Å². The van der Waals surface area contributed by atoms with Gasteiger partial charge < -0.3 is 15.4 Å². The lowest BCUT2D eigenvalue weighted by Crippen LogP contribution is -2.57. The van der Waals surface area contributed by atoms with E-state index in [9.17, 15) is 0 Å². The highest BCUT2D eigenvalue weighted by molar-refractivity contribution is 5.55. The van der Waals surface area contributed by atoms with E-state index in [1.54, 1.807) is 0 Å². The lowest BCUT2D eigenvalue weighted by molar-refractivity contribution is -0.133. The minimum absolute atomic E-state index is 0.126. The molecule has 2 N–H and O–H groups in total. The van der Waals surface area contributed by atoms with Crippen LogP contribution in [0.5, 0.6) is 0 Å². The van der Waals surface area contributed by atoms with E-state index in [1.165, 1.54) is 16.8 Å². The molecule has 0 saturated carbocycles. The Morgan fingerprint density at radius 2 is 1.76 bits per heavy atom. The first-order chi connectivity index (χ1) is 9.58. The van der Waals surface area contributed by atoms with Crippen LogP contribution < -0.4 is 10.6 Å². The van der Waals surface area contributed by atoms with Gasteiger partial charge in [0, 0.05) is 24.8 Å². The van der Waals surface area contributed by atoms with Crippen LogP contribution in [0, 0.1) is 6.92 Å². The summed E-state index contributed by atoms with van der Waals surface area (Å²) in [6.07, 6.45) is 0.932. The van der Waals surface area contributed by atoms with E-state index < -0.39 is 0 Å². The number of ether oxygens (including phenoxy) is 1. The van der Waals surface area contributed by atoms with Crippen molar-refractivity contribution in [3.63, 3.8) is 0 Å². The van der Waals surface area contributed by atoms with Crippen LogP contribution in [0.25, 0.3) is 0 Å². The van der Waals surface area contributed by atoms with Gasteiger partial charge in [-0.1, -0.05) is 12.1 Å². The molecule has 21 heavy (non-hydrogen) atoms. The van der Waals surface area contributed by atoms with Crippen molar-refractivity contribution in [1.82, 2.24) is 0 Å². The van der Waals surface area contributed by atoms with Crippen molar-refractivity contribution in [2.75, 3.05) is 18.0 Å². The van der Waals surface area contributed by atoms with Crippen molar-refractivity contribution >= 4 is 5.69 Å². The molecular weight excluding hydrogens is 260 g/mol. The summed E-state index contributed by atoms with van der Waals surface area (Å²) in [4.78, 5) is 2.45. The number of nitrogens with two attached hydrogens (primary N) is 1. The highest BCUT2D eigenvalue weighted by Crippen LogP contribution is 2.33. The van der Waals surface area contributed by atoms with Crippen LogP contribution in [0.1, 0.15) is 45.7 Å². The van der Waals surface area contributed by atoms with Crippen LogP contribution in [0.4, 0.5) is 5.69 Å². The van der Waals surface area contributed by atoms with Crippen LogP contribution in [0.15, 0.2) is 18.2 Å². The molecule has 1 aliphatic rings. The third-order valence-corrected chi connectivity index (χ3v) is 3.86. The number of anilines is 1. The molecule has 3 nitrogen and oxygen atoms in total. The first kappa shape index (κ1) is 16.3. The van der Waals surface area contributed by atoms with Crippen LogP contribution in [-0.2, 0) is 11.2 Å². The molecule has 1 heterocycles. The molecule has 1 aromatic carbocycles. The van der Waals surface area contributed by atoms with E-state index in [1.807, 2.05) is 0 Å². The molecule has 1 aromatic rings. The number of hydrogen-bond donors (Lipinski definition) is 1. The molecule has 2 rings (SSSR count). The van der Waals surface area contributed by atoms with Crippen LogP contribution in [-0.4, -0.2) is 30.3 Å². The molecule has 0 bridgehead atoms. The molecule has 1 unspecified atom stereocenters. The molecule has 3 heteroatoms. The SMILES string of the molecule is Cc1cc(CC(C)N)ccc1N1CC(C)(C)OC(C)(C)C1. The summed E-state index contributed by atoms with van der Waals surface area (Å²) in [5.74, 6) is 0. The molecule has 0 radical (unpaired) electrons. The van der Waals surface area contributed by atoms with E-state index >= 15 is 0 Å². The number of morpholine rings is 1. The maximum Gasteiger partial charge on any atom is 0.0808 e. The zero-order valence-corrected chi connectivity index (χ0v) is 14.4. The van der Waals surface area contributed by atoms with Crippen LogP contribution >= 0.6 is 0 Å². The predicted molar refractivity (Wildman–Crippen MR) is 90.0 cm³/mol. The Bertz CT molecular complexity index is 490. The van der Waals surface area contributed by atoms with Gasteiger partial charge in [0.05, 0.1) is 11.2 Å². The predicted octanol–water partition coefficient (Wildman–Crippen LogP) is 3.28. The molecule has 1 atom stereocenters. The Labute approximate surface area is 129 Å². The van der Waals surface area contributed by atoms with Gasteiger partial charge in [0.25, 0.3) is 0 Å². The standard InChI is InChI=1S/C18H30N2O/c1-13-9-15(10-14(2)19)7-8-16(13)20-11-17(3,4)21-18(5,6)12-20/h7-9,14H,10-12,19H2,1-6H3. The Balaban J connectivity index is 2.25. The summed E-state index contributed by atoms with van der Waals surface area (Å²) in [6.45, 7) is 14.8. The molecule has 1 fully saturated rings. The summed E-state index contributed by atoms with van der Waals surface area (Å²) in [6, 6.07) is 6.93. The first-order valence-electron chi connectivity index (χ1n) is 7.88. The van der Waals surface area contributed by atoms with Crippen molar-refractivity contribution in [3.05, 3.63) is 29.3 Å².